The van der Waals surface area contributed by atoms with Crippen LogP contribution in [0.1, 0.15) is 43.1 Å². The van der Waals surface area contributed by atoms with Gasteiger partial charge in [0.25, 0.3) is 11.8 Å². The summed E-state index contributed by atoms with van der Waals surface area (Å²) in [5.41, 5.74) is 2.50. The highest BCUT2D eigenvalue weighted by Crippen LogP contribution is 2.22. The highest BCUT2D eigenvalue weighted by atomic mass is 16.5. The second kappa shape index (κ2) is 6.66. The van der Waals surface area contributed by atoms with Gasteiger partial charge in [-0.15, -0.1) is 0 Å². The number of ether oxygens (including phenoxy) is 1. The van der Waals surface area contributed by atoms with Crippen LogP contribution in [0.4, 0.5) is 0 Å². The number of carbonyl (C=O) groups excluding carboxylic acids is 3. The highest BCUT2D eigenvalue weighted by molar-refractivity contribution is 6.21. The maximum absolute atomic E-state index is 12.3. The Hall–Kier alpha value is -2.95. The predicted molar refractivity (Wildman–Crippen MR) is 87.9 cm³/mol. The van der Waals surface area contributed by atoms with Crippen LogP contribution in [0.2, 0.25) is 0 Å². The van der Waals surface area contributed by atoms with Crippen molar-refractivity contribution in [2.24, 2.45) is 0 Å². The molecule has 2 aromatic carbocycles. The lowest BCUT2D eigenvalue weighted by Gasteiger charge is -2.13. The van der Waals surface area contributed by atoms with Gasteiger partial charge in [-0.1, -0.05) is 24.3 Å². The van der Waals surface area contributed by atoms with Crippen molar-refractivity contribution in [1.29, 1.82) is 0 Å². The lowest BCUT2D eigenvalue weighted by molar-refractivity contribution is 0.0598. The molecular formula is C19H17NO4. The Bertz CT molecular complexity index is 760. The molecule has 0 saturated heterocycles. The van der Waals surface area contributed by atoms with Gasteiger partial charge < -0.3 is 4.74 Å². The zero-order chi connectivity index (χ0) is 17.1. The van der Waals surface area contributed by atoms with Gasteiger partial charge in [0, 0.05) is 6.54 Å². The fourth-order valence-corrected chi connectivity index (χ4v) is 2.81. The van der Waals surface area contributed by atoms with Gasteiger partial charge in [0.05, 0.1) is 23.8 Å². The van der Waals surface area contributed by atoms with E-state index in [2.05, 4.69) is 4.74 Å². The standard InChI is InChI=1S/C19H17NO4/c1-24-19(23)14-10-8-13(9-11-14)5-4-12-20-17(21)15-6-2-3-7-16(15)18(20)22/h2-3,6-11H,4-5,12H2,1H3. The summed E-state index contributed by atoms with van der Waals surface area (Å²) in [6.45, 7) is 0.380. The first-order valence-electron chi connectivity index (χ1n) is 7.74. The smallest absolute Gasteiger partial charge is 0.337 e. The van der Waals surface area contributed by atoms with Crippen LogP contribution in [-0.4, -0.2) is 36.3 Å². The minimum Gasteiger partial charge on any atom is -0.465 e. The number of benzene rings is 2. The molecule has 1 aliphatic heterocycles. The van der Waals surface area contributed by atoms with Gasteiger partial charge in [-0.2, -0.15) is 0 Å². The van der Waals surface area contributed by atoms with Crippen molar-refractivity contribution in [2.75, 3.05) is 13.7 Å². The number of hydrogen-bond acceptors (Lipinski definition) is 4. The Balaban J connectivity index is 1.59. The van der Waals surface area contributed by atoms with Gasteiger partial charge in [-0.3, -0.25) is 14.5 Å². The summed E-state index contributed by atoms with van der Waals surface area (Å²) in [5, 5.41) is 0. The first-order valence-corrected chi connectivity index (χ1v) is 7.74. The number of nitrogens with zero attached hydrogens (tertiary/aromatic N) is 1. The first-order chi connectivity index (χ1) is 11.6. The number of imide groups is 1. The molecular weight excluding hydrogens is 306 g/mol. The van der Waals surface area contributed by atoms with Crippen molar-refractivity contribution in [2.45, 2.75) is 12.8 Å². The van der Waals surface area contributed by atoms with Gasteiger partial charge in [-0.05, 0) is 42.7 Å². The SMILES string of the molecule is COC(=O)c1ccc(CCCN2C(=O)c3ccccc3C2=O)cc1. The van der Waals surface area contributed by atoms with E-state index in [1.165, 1.54) is 12.0 Å². The summed E-state index contributed by atoms with van der Waals surface area (Å²) in [5.74, 6) is -0.819. The van der Waals surface area contributed by atoms with Crippen molar-refractivity contribution in [3.8, 4) is 0 Å². The number of methoxy groups -OCH3 is 1. The second-order valence-electron chi connectivity index (χ2n) is 5.60. The molecule has 5 nitrogen and oxygen atoms in total. The molecule has 2 amide bonds. The van der Waals surface area contributed by atoms with Crippen LogP contribution in [-0.2, 0) is 11.2 Å². The molecule has 5 heteroatoms. The summed E-state index contributed by atoms with van der Waals surface area (Å²) in [7, 11) is 1.35. The summed E-state index contributed by atoms with van der Waals surface area (Å²) in [6, 6.07) is 14.0. The van der Waals surface area contributed by atoms with E-state index in [0.29, 0.717) is 29.7 Å². The molecule has 3 rings (SSSR count). The van der Waals surface area contributed by atoms with Crippen LogP contribution in [0.15, 0.2) is 48.5 Å². The van der Waals surface area contributed by atoms with E-state index in [1.54, 1.807) is 36.4 Å². The monoisotopic (exact) mass is 323 g/mol. The normalized spacial score (nSPS) is 13.1. The maximum atomic E-state index is 12.3. The molecule has 0 fully saturated rings. The topological polar surface area (TPSA) is 63.7 Å². The summed E-state index contributed by atoms with van der Waals surface area (Å²) in [4.78, 5) is 37.2. The molecule has 0 aliphatic carbocycles. The molecule has 0 saturated carbocycles. The number of aryl methyl sites for hydroxylation is 1. The number of amides is 2. The number of fused-ring (bicyclic) bond motifs is 1. The van der Waals surface area contributed by atoms with Crippen LogP contribution in [0, 0.1) is 0 Å². The number of esters is 1. The van der Waals surface area contributed by atoms with Gasteiger partial charge in [0.15, 0.2) is 0 Å². The van der Waals surface area contributed by atoms with Crippen molar-refractivity contribution in [3.05, 3.63) is 70.8 Å². The third-order valence-corrected chi connectivity index (χ3v) is 4.10. The van der Waals surface area contributed by atoms with Crippen LogP contribution >= 0.6 is 0 Å². The highest BCUT2D eigenvalue weighted by Gasteiger charge is 2.34. The lowest BCUT2D eigenvalue weighted by Crippen LogP contribution is -2.30. The van der Waals surface area contributed by atoms with Crippen molar-refractivity contribution in [1.82, 2.24) is 4.90 Å². The molecule has 0 N–H and O–H groups in total. The molecule has 0 bridgehead atoms. The Morgan fingerprint density at radius 3 is 2.08 bits per heavy atom. The van der Waals surface area contributed by atoms with Crippen molar-refractivity contribution in [3.63, 3.8) is 0 Å². The van der Waals surface area contributed by atoms with Crippen molar-refractivity contribution < 1.29 is 19.1 Å². The molecule has 24 heavy (non-hydrogen) atoms. The average Bonchev–Trinajstić information content (AvgIpc) is 2.87. The van der Waals surface area contributed by atoms with Gasteiger partial charge in [0.1, 0.15) is 0 Å². The quantitative estimate of drug-likeness (QED) is 0.627. The molecule has 1 heterocycles. The Kier molecular flexibility index (Phi) is 4.42. The number of rotatable bonds is 5. The van der Waals surface area contributed by atoms with E-state index in [4.69, 9.17) is 0 Å². The zero-order valence-electron chi connectivity index (χ0n) is 13.3. The fourth-order valence-electron chi connectivity index (χ4n) is 2.81. The Morgan fingerprint density at radius 1 is 0.958 bits per heavy atom. The van der Waals surface area contributed by atoms with Crippen molar-refractivity contribution >= 4 is 17.8 Å². The molecule has 0 unspecified atom stereocenters. The van der Waals surface area contributed by atoms with Gasteiger partial charge in [0.2, 0.25) is 0 Å². The van der Waals surface area contributed by atoms with Crippen LogP contribution < -0.4 is 0 Å². The van der Waals surface area contributed by atoms with E-state index in [-0.39, 0.29) is 17.8 Å². The summed E-state index contributed by atoms with van der Waals surface area (Å²) < 4.78 is 4.66. The van der Waals surface area contributed by atoms with E-state index in [1.807, 2.05) is 12.1 Å². The lowest BCUT2D eigenvalue weighted by atomic mass is 10.1. The molecule has 1 aliphatic rings. The molecule has 0 radical (unpaired) electrons. The van der Waals surface area contributed by atoms with E-state index in [9.17, 15) is 14.4 Å². The first kappa shape index (κ1) is 15.9. The number of hydrogen-bond donors (Lipinski definition) is 0. The van der Waals surface area contributed by atoms with Crippen LogP contribution in [0.3, 0.4) is 0 Å². The zero-order valence-corrected chi connectivity index (χ0v) is 13.3. The van der Waals surface area contributed by atoms with E-state index >= 15 is 0 Å². The Morgan fingerprint density at radius 2 is 1.54 bits per heavy atom. The third kappa shape index (κ3) is 2.93. The third-order valence-electron chi connectivity index (χ3n) is 4.10. The minimum absolute atomic E-state index is 0.225. The van der Waals surface area contributed by atoms with Gasteiger partial charge >= 0.3 is 5.97 Å². The molecule has 0 aromatic heterocycles. The largest absolute Gasteiger partial charge is 0.465 e. The van der Waals surface area contributed by atoms with E-state index < -0.39 is 0 Å². The molecule has 0 atom stereocenters. The Labute approximate surface area is 139 Å². The molecule has 122 valence electrons. The van der Waals surface area contributed by atoms with E-state index in [0.717, 1.165) is 12.0 Å². The fraction of sp³-hybridized carbons (Fsp3) is 0.211. The predicted octanol–water partition coefficient (Wildman–Crippen LogP) is 2.70. The van der Waals surface area contributed by atoms with Crippen LogP contribution in [0.5, 0.6) is 0 Å². The summed E-state index contributed by atoms with van der Waals surface area (Å²) >= 11 is 0. The van der Waals surface area contributed by atoms with Gasteiger partial charge in [-0.25, -0.2) is 4.79 Å². The number of carbonyl (C=O) groups is 3. The minimum atomic E-state index is -0.368. The molecule has 2 aromatic rings. The maximum Gasteiger partial charge on any atom is 0.337 e. The second-order valence-corrected chi connectivity index (χ2v) is 5.60. The molecule has 0 spiro atoms. The average molecular weight is 323 g/mol. The van der Waals surface area contributed by atoms with Crippen LogP contribution in [0.25, 0.3) is 0 Å². The summed E-state index contributed by atoms with van der Waals surface area (Å²) in [6.07, 6.45) is 1.39.